The first-order chi connectivity index (χ1) is 21.2. The zero-order chi connectivity index (χ0) is 30.8. The van der Waals surface area contributed by atoms with E-state index in [4.69, 9.17) is 4.74 Å². The summed E-state index contributed by atoms with van der Waals surface area (Å²) in [4.78, 5) is 51.8. The molecule has 5 aromatic rings. The number of anilines is 2. The molecule has 11 nitrogen and oxygen atoms in total. The molecule has 0 aliphatic carbocycles. The van der Waals surface area contributed by atoms with Gasteiger partial charge in [-0.05, 0) is 55.6 Å². The van der Waals surface area contributed by atoms with Crippen LogP contribution in [0.5, 0.6) is 11.5 Å². The van der Waals surface area contributed by atoms with Crippen molar-refractivity contribution in [1.29, 1.82) is 0 Å². The number of pyridine rings is 2. The zero-order valence-corrected chi connectivity index (χ0v) is 24.1. The van der Waals surface area contributed by atoms with Gasteiger partial charge in [0.2, 0.25) is 0 Å². The van der Waals surface area contributed by atoms with Gasteiger partial charge in [0, 0.05) is 50.2 Å². The summed E-state index contributed by atoms with van der Waals surface area (Å²) in [5, 5.41) is 5.28. The number of amides is 3. The number of aromatic nitrogens is 3. The number of piperazine rings is 1. The van der Waals surface area contributed by atoms with Crippen molar-refractivity contribution < 1.29 is 23.1 Å². The highest BCUT2D eigenvalue weighted by Crippen LogP contribution is 2.28. The van der Waals surface area contributed by atoms with Crippen molar-refractivity contribution in [2.24, 2.45) is 0 Å². The van der Waals surface area contributed by atoms with Gasteiger partial charge in [-0.3, -0.25) is 19.5 Å². The van der Waals surface area contributed by atoms with Crippen LogP contribution in [0.3, 0.4) is 0 Å². The maximum absolute atomic E-state index is 15.1. The highest BCUT2D eigenvalue weighted by atomic mass is 32.1. The van der Waals surface area contributed by atoms with E-state index in [-0.39, 0.29) is 34.6 Å². The van der Waals surface area contributed by atoms with Gasteiger partial charge in [-0.25, -0.2) is 23.5 Å². The largest absolute Gasteiger partial charge is 0.454 e. The molecule has 0 spiro atoms. The highest BCUT2D eigenvalue weighted by Gasteiger charge is 2.21. The van der Waals surface area contributed by atoms with E-state index in [1.54, 1.807) is 4.90 Å². The first-order valence-corrected chi connectivity index (χ1v) is 14.4. The number of rotatable bonds is 6. The average Bonchev–Trinajstić information content (AvgIpc) is 3.48. The topological polar surface area (TPSA) is 122 Å². The molecule has 0 atom stereocenters. The van der Waals surface area contributed by atoms with Gasteiger partial charge in [-0.1, -0.05) is 0 Å². The highest BCUT2D eigenvalue weighted by molar-refractivity contribution is 7.16. The quantitative estimate of drug-likeness (QED) is 0.277. The number of thiazole rings is 1. The Labute approximate surface area is 253 Å². The molecular formula is C30H25F2N7O4S. The normalized spacial score (nSPS) is 13.6. The molecule has 44 heavy (non-hydrogen) atoms. The van der Waals surface area contributed by atoms with Gasteiger partial charge in [0.15, 0.2) is 11.6 Å². The average molecular weight is 618 g/mol. The second-order valence-corrected chi connectivity index (χ2v) is 10.8. The third-order valence-electron chi connectivity index (χ3n) is 7.00. The van der Waals surface area contributed by atoms with Gasteiger partial charge in [0.05, 0.1) is 16.7 Å². The molecule has 4 heterocycles. The smallest absolute Gasteiger partial charge is 0.323 e. The third kappa shape index (κ3) is 6.11. The second kappa shape index (κ2) is 12.2. The number of likely N-dealkylation sites (N-methyl/N-ethyl adjacent to an activating group) is 1. The standard InChI is InChI=1S/C30H25F2N7O4S/c1-37-10-12-38(13-11-37)30(42)36-26-15-21(8-9-33-26)43-25-7-4-19(14-23(25)32)35-27(40)22-16-24-29(44-17-34-24)39(28(22)41)20-5-2-18(31)3-6-20/h2-9,14-17H,10-13H2,1H3,(H,35,40)(H,33,36,42). The van der Waals surface area contributed by atoms with Crippen molar-refractivity contribution >= 4 is 45.1 Å². The monoisotopic (exact) mass is 617 g/mol. The van der Waals surface area contributed by atoms with Gasteiger partial charge in [-0.15, -0.1) is 11.3 Å². The van der Waals surface area contributed by atoms with Crippen LogP contribution < -0.4 is 20.9 Å². The van der Waals surface area contributed by atoms with E-state index < -0.39 is 23.1 Å². The van der Waals surface area contributed by atoms with Crippen LogP contribution in [0.2, 0.25) is 0 Å². The SMILES string of the molecule is CN1CCN(C(=O)Nc2cc(Oc3ccc(NC(=O)c4cc5ncsc5n(-c5ccc(F)cc5)c4=O)cc3F)ccn2)CC1. The Kier molecular flexibility index (Phi) is 8.00. The Balaban J connectivity index is 1.17. The Morgan fingerprint density at radius 1 is 0.932 bits per heavy atom. The maximum atomic E-state index is 15.1. The number of benzene rings is 2. The summed E-state index contributed by atoms with van der Waals surface area (Å²) in [7, 11) is 1.99. The summed E-state index contributed by atoms with van der Waals surface area (Å²) in [6.07, 6.45) is 1.43. The number of halogens is 2. The van der Waals surface area contributed by atoms with Crippen molar-refractivity contribution in [2.75, 3.05) is 43.9 Å². The fourth-order valence-electron chi connectivity index (χ4n) is 4.64. The molecule has 224 valence electrons. The Bertz CT molecular complexity index is 1920. The van der Waals surface area contributed by atoms with Crippen LogP contribution in [0.15, 0.2) is 77.2 Å². The summed E-state index contributed by atoms with van der Waals surface area (Å²) in [5.74, 6) is -1.66. The van der Waals surface area contributed by atoms with E-state index in [2.05, 4.69) is 25.5 Å². The number of carbonyl (C=O) groups is 2. The fourth-order valence-corrected chi connectivity index (χ4v) is 5.43. The van der Waals surface area contributed by atoms with Crippen LogP contribution in [-0.4, -0.2) is 69.5 Å². The molecule has 0 unspecified atom stereocenters. The van der Waals surface area contributed by atoms with Gasteiger partial charge in [0.25, 0.3) is 11.5 Å². The predicted octanol–water partition coefficient (Wildman–Crippen LogP) is 4.94. The minimum absolute atomic E-state index is 0.0841. The molecule has 1 aliphatic heterocycles. The maximum Gasteiger partial charge on any atom is 0.323 e. The lowest BCUT2D eigenvalue weighted by Crippen LogP contribution is -2.48. The molecule has 0 radical (unpaired) electrons. The molecule has 0 saturated carbocycles. The van der Waals surface area contributed by atoms with E-state index in [0.29, 0.717) is 29.1 Å². The number of ether oxygens (including phenoxy) is 1. The third-order valence-corrected chi connectivity index (χ3v) is 7.82. The van der Waals surface area contributed by atoms with Gasteiger partial charge in [0.1, 0.15) is 27.8 Å². The molecular weight excluding hydrogens is 592 g/mol. The Morgan fingerprint density at radius 3 is 2.45 bits per heavy atom. The zero-order valence-electron chi connectivity index (χ0n) is 23.3. The Hall–Kier alpha value is -5.21. The molecule has 6 rings (SSSR count). The lowest BCUT2D eigenvalue weighted by molar-refractivity contribution is 0.102. The summed E-state index contributed by atoms with van der Waals surface area (Å²) < 4.78 is 35.5. The first-order valence-electron chi connectivity index (χ1n) is 13.5. The van der Waals surface area contributed by atoms with Gasteiger partial charge in [-0.2, -0.15) is 0 Å². The molecule has 14 heteroatoms. The van der Waals surface area contributed by atoms with Crippen molar-refractivity contribution in [3.63, 3.8) is 0 Å². The fraction of sp³-hybridized carbons (Fsp3) is 0.167. The van der Waals surface area contributed by atoms with Crippen molar-refractivity contribution in [3.05, 3.63) is 99.9 Å². The number of hydrogen-bond acceptors (Lipinski definition) is 8. The number of nitrogens with zero attached hydrogens (tertiary/aromatic N) is 5. The van der Waals surface area contributed by atoms with Crippen LogP contribution in [0.4, 0.5) is 25.1 Å². The second-order valence-electron chi connectivity index (χ2n) is 10.0. The van der Waals surface area contributed by atoms with Crippen LogP contribution in [0.25, 0.3) is 16.0 Å². The minimum atomic E-state index is -0.777. The molecule has 1 aliphatic rings. The number of urea groups is 1. The Morgan fingerprint density at radius 2 is 1.70 bits per heavy atom. The number of hydrogen-bond donors (Lipinski definition) is 2. The molecule has 0 bridgehead atoms. The van der Waals surface area contributed by atoms with E-state index in [0.717, 1.165) is 19.2 Å². The van der Waals surface area contributed by atoms with Crippen LogP contribution in [-0.2, 0) is 0 Å². The molecule has 3 amide bonds. The van der Waals surface area contributed by atoms with E-state index in [1.165, 1.54) is 82.2 Å². The van der Waals surface area contributed by atoms with E-state index >= 15 is 4.39 Å². The van der Waals surface area contributed by atoms with Crippen molar-refractivity contribution in [3.8, 4) is 17.2 Å². The lowest BCUT2D eigenvalue weighted by Gasteiger charge is -2.32. The molecule has 2 aromatic carbocycles. The minimum Gasteiger partial charge on any atom is -0.454 e. The molecule has 3 aromatic heterocycles. The van der Waals surface area contributed by atoms with E-state index in [1.807, 2.05) is 7.05 Å². The summed E-state index contributed by atoms with van der Waals surface area (Å²) in [6, 6.07) is 13.2. The van der Waals surface area contributed by atoms with Gasteiger partial charge >= 0.3 is 6.03 Å². The van der Waals surface area contributed by atoms with Crippen molar-refractivity contribution in [2.45, 2.75) is 0 Å². The number of nitrogens with one attached hydrogen (secondary N) is 2. The molecule has 1 saturated heterocycles. The number of carbonyl (C=O) groups excluding carboxylic acids is 2. The molecule has 1 fully saturated rings. The summed E-state index contributed by atoms with van der Waals surface area (Å²) >= 11 is 1.20. The summed E-state index contributed by atoms with van der Waals surface area (Å²) in [6.45, 7) is 2.73. The first kappa shape index (κ1) is 28.9. The molecule has 2 N–H and O–H groups in total. The van der Waals surface area contributed by atoms with Crippen molar-refractivity contribution in [1.82, 2.24) is 24.3 Å². The number of fused-ring (bicyclic) bond motifs is 1. The predicted molar refractivity (Wildman–Crippen MR) is 162 cm³/mol. The van der Waals surface area contributed by atoms with Crippen LogP contribution >= 0.6 is 11.3 Å². The van der Waals surface area contributed by atoms with Crippen LogP contribution in [0, 0.1) is 11.6 Å². The van der Waals surface area contributed by atoms with E-state index in [9.17, 15) is 18.8 Å². The summed E-state index contributed by atoms with van der Waals surface area (Å²) in [5.41, 5.74) is 1.52. The lowest BCUT2D eigenvalue weighted by atomic mass is 10.2. The van der Waals surface area contributed by atoms with Gasteiger partial charge < -0.3 is 19.9 Å². The van der Waals surface area contributed by atoms with Crippen LogP contribution in [0.1, 0.15) is 10.4 Å².